The second-order valence-electron chi connectivity index (χ2n) is 6.37. The maximum Gasteiger partial charge on any atom is 0.267 e. The number of nitrogens with one attached hydrogen (secondary N) is 1. The van der Waals surface area contributed by atoms with E-state index < -0.39 is 0 Å². The Morgan fingerprint density at radius 1 is 1.08 bits per heavy atom. The van der Waals surface area contributed by atoms with Crippen molar-refractivity contribution in [1.29, 1.82) is 0 Å². The predicted molar refractivity (Wildman–Crippen MR) is 95.0 cm³/mol. The maximum atomic E-state index is 11.9. The number of anilines is 2. The smallest absolute Gasteiger partial charge is 0.267 e. The molecule has 1 N–H and O–H groups in total. The highest BCUT2D eigenvalue weighted by molar-refractivity contribution is 5.86. The van der Waals surface area contributed by atoms with Crippen LogP contribution >= 0.6 is 0 Å². The van der Waals surface area contributed by atoms with E-state index in [2.05, 4.69) is 35.1 Å². The van der Waals surface area contributed by atoms with E-state index in [1.165, 1.54) is 4.68 Å². The minimum Gasteiger partial charge on any atom is -0.352 e. The van der Waals surface area contributed by atoms with Crippen LogP contribution in [0.15, 0.2) is 29.5 Å². The highest BCUT2D eigenvalue weighted by atomic mass is 16.1. The molecular formula is C16H20N8O. The summed E-state index contributed by atoms with van der Waals surface area (Å²) < 4.78 is 1.53. The fourth-order valence-electron chi connectivity index (χ4n) is 3.11. The van der Waals surface area contributed by atoms with Gasteiger partial charge in [-0.05, 0) is 19.9 Å². The zero-order valence-corrected chi connectivity index (χ0v) is 14.3. The van der Waals surface area contributed by atoms with Gasteiger partial charge in [0.15, 0.2) is 5.65 Å². The van der Waals surface area contributed by atoms with Gasteiger partial charge in [-0.3, -0.25) is 9.89 Å². The Hall–Kier alpha value is -2.97. The van der Waals surface area contributed by atoms with E-state index in [4.69, 9.17) is 0 Å². The molecule has 0 spiro atoms. The minimum absolute atomic E-state index is 0.0455. The predicted octanol–water partition coefficient (Wildman–Crippen LogP) is 0.817. The number of fused-ring (bicyclic) bond motifs is 1. The third-order valence-corrected chi connectivity index (χ3v) is 4.43. The first-order valence-corrected chi connectivity index (χ1v) is 8.37. The lowest BCUT2D eigenvalue weighted by Gasteiger charge is -2.36. The van der Waals surface area contributed by atoms with Crippen LogP contribution < -0.4 is 15.4 Å². The Kier molecular flexibility index (Phi) is 3.83. The highest BCUT2D eigenvalue weighted by Gasteiger charge is 2.22. The molecule has 1 aliphatic rings. The van der Waals surface area contributed by atoms with Crippen LogP contribution in [0.2, 0.25) is 0 Å². The van der Waals surface area contributed by atoms with Crippen molar-refractivity contribution in [2.45, 2.75) is 19.9 Å². The van der Waals surface area contributed by atoms with Crippen LogP contribution in [-0.2, 0) is 0 Å². The summed E-state index contributed by atoms with van der Waals surface area (Å²) in [6.07, 6.45) is 3.32. The molecular weight excluding hydrogens is 320 g/mol. The second-order valence-corrected chi connectivity index (χ2v) is 6.37. The lowest BCUT2D eigenvalue weighted by atomic mass is 10.2. The van der Waals surface area contributed by atoms with Crippen LogP contribution in [-0.4, -0.2) is 56.1 Å². The van der Waals surface area contributed by atoms with Crippen molar-refractivity contribution < 1.29 is 0 Å². The van der Waals surface area contributed by atoms with Gasteiger partial charge in [0, 0.05) is 32.2 Å². The number of piperazine rings is 1. The number of H-pyrrole nitrogens is 1. The Bertz CT molecular complexity index is 938. The van der Waals surface area contributed by atoms with Crippen molar-refractivity contribution in [2.75, 3.05) is 36.0 Å². The van der Waals surface area contributed by atoms with Crippen molar-refractivity contribution >= 4 is 22.7 Å². The fraction of sp³-hybridized carbons (Fsp3) is 0.438. The molecule has 0 saturated carbocycles. The number of hydrogen-bond donors (Lipinski definition) is 1. The molecule has 1 saturated heterocycles. The first-order chi connectivity index (χ1) is 12.1. The summed E-state index contributed by atoms with van der Waals surface area (Å²) in [7, 11) is 0. The van der Waals surface area contributed by atoms with Crippen molar-refractivity contribution in [3.8, 4) is 0 Å². The van der Waals surface area contributed by atoms with Crippen LogP contribution in [0.1, 0.15) is 19.9 Å². The van der Waals surface area contributed by atoms with Crippen LogP contribution in [0.5, 0.6) is 0 Å². The molecule has 0 atom stereocenters. The Morgan fingerprint density at radius 3 is 2.60 bits per heavy atom. The van der Waals surface area contributed by atoms with Gasteiger partial charge in [-0.15, -0.1) is 0 Å². The van der Waals surface area contributed by atoms with E-state index in [1.54, 1.807) is 24.7 Å². The van der Waals surface area contributed by atoms with Crippen molar-refractivity contribution in [2.24, 2.45) is 0 Å². The zero-order valence-electron chi connectivity index (χ0n) is 14.3. The van der Waals surface area contributed by atoms with E-state index in [0.717, 1.165) is 48.8 Å². The molecule has 4 rings (SSSR count). The van der Waals surface area contributed by atoms with E-state index in [1.807, 2.05) is 13.8 Å². The van der Waals surface area contributed by atoms with Gasteiger partial charge in [-0.2, -0.15) is 10.2 Å². The molecule has 9 heteroatoms. The summed E-state index contributed by atoms with van der Waals surface area (Å²) in [5.74, 6) is 1.74. The monoisotopic (exact) mass is 340 g/mol. The van der Waals surface area contributed by atoms with E-state index in [0.29, 0.717) is 0 Å². The van der Waals surface area contributed by atoms with E-state index in [9.17, 15) is 4.79 Å². The van der Waals surface area contributed by atoms with Crippen molar-refractivity contribution in [1.82, 2.24) is 29.9 Å². The summed E-state index contributed by atoms with van der Waals surface area (Å²) in [5.41, 5.74) is 0.679. The highest BCUT2D eigenvalue weighted by Crippen LogP contribution is 2.23. The molecule has 0 radical (unpaired) electrons. The van der Waals surface area contributed by atoms with Gasteiger partial charge < -0.3 is 9.80 Å². The maximum absolute atomic E-state index is 11.9. The number of nitrogens with zero attached hydrogens (tertiary/aromatic N) is 7. The Labute approximate surface area is 144 Å². The average Bonchev–Trinajstić information content (AvgIpc) is 3.11. The molecule has 130 valence electrons. The summed E-state index contributed by atoms with van der Waals surface area (Å²) in [5, 5.41) is 12.4. The molecule has 9 nitrogen and oxygen atoms in total. The first kappa shape index (κ1) is 15.6. The van der Waals surface area contributed by atoms with Gasteiger partial charge in [-0.25, -0.2) is 14.6 Å². The lowest BCUT2D eigenvalue weighted by molar-refractivity contribution is 0.497. The minimum atomic E-state index is -0.0688. The van der Waals surface area contributed by atoms with Gasteiger partial charge in [-0.1, -0.05) is 0 Å². The number of aromatic nitrogens is 6. The number of aromatic amines is 1. The Balaban J connectivity index is 1.53. The van der Waals surface area contributed by atoms with E-state index >= 15 is 0 Å². The molecule has 1 fully saturated rings. The van der Waals surface area contributed by atoms with Gasteiger partial charge in [0.1, 0.15) is 18.0 Å². The molecule has 3 aromatic rings. The van der Waals surface area contributed by atoms with E-state index in [-0.39, 0.29) is 11.6 Å². The van der Waals surface area contributed by atoms with Crippen LogP contribution in [0.3, 0.4) is 0 Å². The van der Waals surface area contributed by atoms with Gasteiger partial charge in [0.05, 0.1) is 17.6 Å². The summed E-state index contributed by atoms with van der Waals surface area (Å²) in [4.78, 5) is 24.9. The van der Waals surface area contributed by atoms with Crippen LogP contribution in [0, 0.1) is 0 Å². The second kappa shape index (κ2) is 6.15. The third kappa shape index (κ3) is 2.81. The molecule has 0 aromatic carbocycles. The lowest BCUT2D eigenvalue weighted by Crippen LogP contribution is -2.47. The van der Waals surface area contributed by atoms with Crippen LogP contribution in [0.25, 0.3) is 11.0 Å². The molecule has 0 amide bonds. The number of hydrogen-bond acceptors (Lipinski definition) is 7. The summed E-state index contributed by atoms with van der Waals surface area (Å²) in [6, 6.07) is 3.44. The Morgan fingerprint density at radius 2 is 1.84 bits per heavy atom. The van der Waals surface area contributed by atoms with Crippen molar-refractivity contribution in [3.05, 3.63) is 35.0 Å². The molecule has 0 bridgehead atoms. The summed E-state index contributed by atoms with van der Waals surface area (Å²) in [6.45, 7) is 7.18. The molecule has 0 unspecified atom stereocenters. The van der Waals surface area contributed by atoms with Gasteiger partial charge in [0.2, 0.25) is 0 Å². The average molecular weight is 340 g/mol. The number of rotatable bonds is 3. The zero-order chi connectivity index (χ0) is 17.4. The molecule has 3 aromatic heterocycles. The quantitative estimate of drug-likeness (QED) is 0.754. The van der Waals surface area contributed by atoms with Crippen molar-refractivity contribution in [3.63, 3.8) is 0 Å². The topological polar surface area (TPSA) is 95.8 Å². The SMILES string of the molecule is CC(C)n1nc(N2CCN(c3ncnc4[nH]ncc34)CC2)ccc1=O. The fourth-order valence-corrected chi connectivity index (χ4v) is 3.11. The largest absolute Gasteiger partial charge is 0.352 e. The van der Waals surface area contributed by atoms with Gasteiger partial charge >= 0.3 is 0 Å². The first-order valence-electron chi connectivity index (χ1n) is 8.37. The molecule has 25 heavy (non-hydrogen) atoms. The standard InChI is InChI=1S/C16H20N8O/c1-11(2)24-14(25)4-3-13(21-24)22-5-7-23(8-6-22)16-12-9-19-20-15(12)17-10-18-16/h3-4,9-11H,5-8H2,1-2H3,(H,17,18,19,20). The normalized spacial score (nSPS) is 15.3. The summed E-state index contributed by atoms with van der Waals surface area (Å²) >= 11 is 0. The molecule has 1 aliphatic heterocycles. The van der Waals surface area contributed by atoms with Gasteiger partial charge in [0.25, 0.3) is 5.56 Å². The molecule has 0 aliphatic carbocycles. The van der Waals surface area contributed by atoms with Crippen LogP contribution in [0.4, 0.5) is 11.6 Å². The molecule has 4 heterocycles. The third-order valence-electron chi connectivity index (χ3n) is 4.43.